The fourth-order valence-corrected chi connectivity index (χ4v) is 4.33. The van der Waals surface area contributed by atoms with E-state index in [-0.39, 0.29) is 30.0 Å². The minimum Gasteiger partial charge on any atom is -0.465 e. The van der Waals surface area contributed by atoms with Gasteiger partial charge >= 0.3 is 11.9 Å². The predicted molar refractivity (Wildman–Crippen MR) is 113 cm³/mol. The molecule has 0 bridgehead atoms. The molecule has 0 aliphatic rings. The van der Waals surface area contributed by atoms with Crippen molar-refractivity contribution in [3.63, 3.8) is 0 Å². The molecule has 1 aromatic heterocycles. The van der Waals surface area contributed by atoms with Gasteiger partial charge in [-0.25, -0.2) is 4.79 Å². The van der Waals surface area contributed by atoms with Gasteiger partial charge in [0.25, 0.3) is 0 Å². The third-order valence-corrected chi connectivity index (χ3v) is 5.84. The molecule has 8 heteroatoms. The van der Waals surface area contributed by atoms with Crippen LogP contribution in [0.1, 0.15) is 29.8 Å². The fourth-order valence-electron chi connectivity index (χ4n) is 2.51. The van der Waals surface area contributed by atoms with Crippen LogP contribution in [0.3, 0.4) is 0 Å². The van der Waals surface area contributed by atoms with Crippen LogP contribution in [-0.2, 0) is 19.1 Å². The quantitative estimate of drug-likeness (QED) is 0.613. The summed E-state index contributed by atoms with van der Waals surface area (Å²) in [5.74, 6) is -0.928. The van der Waals surface area contributed by atoms with E-state index in [1.165, 1.54) is 11.3 Å². The summed E-state index contributed by atoms with van der Waals surface area (Å²) in [6.45, 7) is 5.87. The number of hydrogen-bond acceptors (Lipinski definition) is 7. The number of rotatable bonds is 9. The molecule has 0 radical (unpaired) electrons. The van der Waals surface area contributed by atoms with Crippen LogP contribution in [-0.4, -0.2) is 42.6 Å². The zero-order chi connectivity index (χ0) is 20.5. The van der Waals surface area contributed by atoms with Crippen LogP contribution in [0.25, 0.3) is 10.4 Å². The van der Waals surface area contributed by atoms with Gasteiger partial charge in [-0.3, -0.25) is 9.59 Å². The lowest BCUT2D eigenvalue weighted by atomic mass is 10.1. The summed E-state index contributed by atoms with van der Waals surface area (Å²) in [6.07, 6.45) is 0. The summed E-state index contributed by atoms with van der Waals surface area (Å²) in [5.41, 5.74) is 2.10. The number of amides is 1. The molecule has 0 spiro atoms. The van der Waals surface area contributed by atoms with Crippen molar-refractivity contribution in [2.24, 2.45) is 0 Å². The topological polar surface area (TPSA) is 81.7 Å². The van der Waals surface area contributed by atoms with Crippen molar-refractivity contribution in [2.75, 3.05) is 30.0 Å². The number of benzene rings is 1. The molecule has 6 nitrogen and oxygen atoms in total. The van der Waals surface area contributed by atoms with Gasteiger partial charge < -0.3 is 14.8 Å². The molecule has 1 heterocycles. The van der Waals surface area contributed by atoms with Crippen molar-refractivity contribution in [3.8, 4) is 10.4 Å². The number of hydrogen-bond donors (Lipinski definition) is 1. The fraction of sp³-hybridized carbons (Fsp3) is 0.350. The minimum atomic E-state index is -0.465. The molecule has 2 rings (SSSR count). The number of carbonyl (C=O) groups is 3. The van der Waals surface area contributed by atoms with Crippen LogP contribution < -0.4 is 5.32 Å². The molecule has 0 atom stereocenters. The molecule has 0 aliphatic carbocycles. The number of thioether (sulfide) groups is 1. The smallest absolute Gasteiger partial charge is 0.341 e. The van der Waals surface area contributed by atoms with Crippen molar-refractivity contribution in [2.45, 2.75) is 20.8 Å². The average molecular weight is 422 g/mol. The van der Waals surface area contributed by atoms with Crippen molar-refractivity contribution in [1.29, 1.82) is 0 Å². The number of thiophene rings is 1. The van der Waals surface area contributed by atoms with E-state index in [0.29, 0.717) is 17.2 Å². The van der Waals surface area contributed by atoms with Crippen LogP contribution in [0, 0.1) is 6.92 Å². The van der Waals surface area contributed by atoms with E-state index in [1.807, 2.05) is 37.3 Å². The van der Waals surface area contributed by atoms with Crippen LogP contribution in [0.4, 0.5) is 5.00 Å². The Balaban J connectivity index is 2.18. The van der Waals surface area contributed by atoms with Crippen LogP contribution in [0.15, 0.2) is 30.3 Å². The molecular weight excluding hydrogens is 398 g/mol. The minimum absolute atomic E-state index is 0.0820. The third-order valence-electron chi connectivity index (χ3n) is 3.67. The van der Waals surface area contributed by atoms with E-state index >= 15 is 0 Å². The Kier molecular flexibility index (Phi) is 8.53. The first-order valence-corrected chi connectivity index (χ1v) is 10.8. The largest absolute Gasteiger partial charge is 0.465 e. The number of nitrogens with one attached hydrogen (secondary N) is 1. The first kappa shape index (κ1) is 22.0. The molecular formula is C20H23NO5S2. The number of ether oxygens (including phenoxy) is 2. The van der Waals surface area contributed by atoms with E-state index in [9.17, 15) is 14.4 Å². The van der Waals surface area contributed by atoms with Gasteiger partial charge in [0.05, 0.1) is 30.3 Å². The highest BCUT2D eigenvalue weighted by Gasteiger charge is 2.24. The molecule has 0 unspecified atom stereocenters. The Morgan fingerprint density at radius 3 is 2.36 bits per heavy atom. The van der Waals surface area contributed by atoms with E-state index in [2.05, 4.69) is 5.32 Å². The molecule has 1 amide bonds. The lowest BCUT2D eigenvalue weighted by Crippen LogP contribution is -2.17. The molecule has 0 fully saturated rings. The monoisotopic (exact) mass is 421 g/mol. The molecule has 2 aromatic rings. The highest BCUT2D eigenvalue weighted by Crippen LogP contribution is 2.40. The first-order chi connectivity index (χ1) is 13.5. The standard InChI is InChI=1S/C20H23NO5S2/c1-4-25-16(23)12-27-11-15(22)21-19-17(20(24)26-5-2)13(3)18(28-19)14-9-7-6-8-10-14/h6-10H,4-5,11-12H2,1-3H3,(H,21,22). The first-order valence-electron chi connectivity index (χ1n) is 8.87. The Labute approximate surface area is 172 Å². The molecule has 0 aliphatic heterocycles. The van der Waals surface area contributed by atoms with Crippen molar-refractivity contribution in [1.82, 2.24) is 0 Å². The number of carbonyl (C=O) groups excluding carboxylic acids is 3. The van der Waals surface area contributed by atoms with Gasteiger partial charge in [0.2, 0.25) is 5.91 Å². The highest BCUT2D eigenvalue weighted by molar-refractivity contribution is 8.00. The van der Waals surface area contributed by atoms with E-state index in [1.54, 1.807) is 13.8 Å². The summed E-state index contributed by atoms with van der Waals surface area (Å²) >= 11 is 2.50. The second kappa shape index (κ2) is 10.9. The molecule has 1 N–H and O–H groups in total. The molecule has 0 saturated carbocycles. The Morgan fingerprint density at radius 1 is 1.04 bits per heavy atom. The van der Waals surface area contributed by atoms with Gasteiger partial charge in [-0.05, 0) is 31.9 Å². The van der Waals surface area contributed by atoms with Crippen molar-refractivity contribution >= 4 is 45.9 Å². The zero-order valence-corrected chi connectivity index (χ0v) is 17.7. The maximum atomic E-state index is 12.5. The average Bonchev–Trinajstić information content (AvgIpc) is 2.98. The maximum absolute atomic E-state index is 12.5. The van der Waals surface area contributed by atoms with Crippen molar-refractivity contribution < 1.29 is 23.9 Å². The summed E-state index contributed by atoms with van der Waals surface area (Å²) in [5, 5.41) is 3.25. The Hall–Kier alpha value is -2.32. The van der Waals surface area contributed by atoms with Gasteiger partial charge in [0, 0.05) is 4.88 Å². The molecule has 150 valence electrons. The normalized spacial score (nSPS) is 10.4. The van der Waals surface area contributed by atoms with Crippen LogP contribution >= 0.6 is 23.1 Å². The van der Waals surface area contributed by atoms with Gasteiger partial charge in [-0.1, -0.05) is 30.3 Å². The van der Waals surface area contributed by atoms with Gasteiger partial charge in [0.15, 0.2) is 0 Å². The molecule has 0 saturated heterocycles. The Bertz CT molecular complexity index is 833. The van der Waals surface area contributed by atoms with Crippen LogP contribution in [0.2, 0.25) is 0 Å². The van der Waals surface area contributed by atoms with E-state index < -0.39 is 5.97 Å². The van der Waals surface area contributed by atoms with Crippen molar-refractivity contribution in [3.05, 3.63) is 41.5 Å². The number of anilines is 1. The van der Waals surface area contributed by atoms with Crippen LogP contribution in [0.5, 0.6) is 0 Å². The molecule has 28 heavy (non-hydrogen) atoms. The number of esters is 2. The lowest BCUT2D eigenvalue weighted by molar-refractivity contribution is -0.139. The second-order valence-electron chi connectivity index (χ2n) is 5.69. The summed E-state index contributed by atoms with van der Waals surface area (Å²) in [7, 11) is 0. The SMILES string of the molecule is CCOC(=O)CSCC(=O)Nc1sc(-c2ccccc2)c(C)c1C(=O)OCC. The van der Waals surface area contributed by atoms with Gasteiger partial charge in [0.1, 0.15) is 5.00 Å². The predicted octanol–water partition coefficient (Wildman–Crippen LogP) is 4.14. The molecule has 1 aromatic carbocycles. The van der Waals surface area contributed by atoms with E-state index in [0.717, 1.165) is 27.8 Å². The third kappa shape index (κ3) is 5.84. The summed E-state index contributed by atoms with van der Waals surface area (Å²) in [4.78, 5) is 37.0. The van der Waals surface area contributed by atoms with Gasteiger partial charge in [-0.2, -0.15) is 0 Å². The Morgan fingerprint density at radius 2 is 1.71 bits per heavy atom. The van der Waals surface area contributed by atoms with Gasteiger partial charge in [-0.15, -0.1) is 23.1 Å². The second-order valence-corrected chi connectivity index (χ2v) is 7.70. The zero-order valence-electron chi connectivity index (χ0n) is 16.1. The summed E-state index contributed by atoms with van der Waals surface area (Å²) in [6, 6.07) is 9.66. The lowest BCUT2D eigenvalue weighted by Gasteiger charge is -2.07. The summed E-state index contributed by atoms with van der Waals surface area (Å²) < 4.78 is 10.0. The highest BCUT2D eigenvalue weighted by atomic mass is 32.2. The maximum Gasteiger partial charge on any atom is 0.341 e. The van der Waals surface area contributed by atoms with E-state index in [4.69, 9.17) is 9.47 Å².